The molecule has 7 heteroatoms. The fraction of sp³-hybridized carbons (Fsp3) is 0.200. The Morgan fingerprint density at radius 2 is 2.42 bits per heavy atom. The first-order valence-corrected chi connectivity index (χ1v) is 2.77. The van der Waals surface area contributed by atoms with Gasteiger partial charge in [0.1, 0.15) is 0 Å². The van der Waals surface area contributed by atoms with Crippen LogP contribution in [0.1, 0.15) is 16.2 Å². The van der Waals surface area contributed by atoms with Crippen molar-refractivity contribution in [3.8, 4) is 0 Å². The van der Waals surface area contributed by atoms with Gasteiger partial charge in [-0.15, -0.1) is 5.53 Å². The van der Waals surface area contributed by atoms with Crippen LogP contribution < -0.4 is 0 Å². The number of aryl methyl sites for hydroxylation is 1. The van der Waals surface area contributed by atoms with E-state index >= 15 is 0 Å². The van der Waals surface area contributed by atoms with Gasteiger partial charge in [-0.3, -0.25) is 0 Å². The van der Waals surface area contributed by atoms with Crippen molar-refractivity contribution in [2.45, 2.75) is 6.92 Å². The Labute approximate surface area is 67.1 Å². The molecule has 1 heterocycles. The SMILES string of the molecule is Cc1ncoc1C(=O)O.[N-]=[N+]=N. The van der Waals surface area contributed by atoms with E-state index in [-0.39, 0.29) is 5.76 Å². The van der Waals surface area contributed by atoms with Gasteiger partial charge < -0.3 is 9.52 Å². The molecule has 1 aromatic heterocycles. The molecule has 0 spiro atoms. The average molecular weight is 170 g/mol. The van der Waals surface area contributed by atoms with Crippen LogP contribution in [0.15, 0.2) is 10.8 Å². The zero-order chi connectivity index (χ0) is 9.56. The van der Waals surface area contributed by atoms with Crippen LogP contribution in [0.4, 0.5) is 0 Å². The Morgan fingerprint density at radius 1 is 1.92 bits per heavy atom. The maximum atomic E-state index is 10.1. The lowest BCUT2D eigenvalue weighted by Gasteiger charge is -1.83. The number of hydrogen-bond acceptors (Lipinski definition) is 4. The molecule has 2 N–H and O–H groups in total. The summed E-state index contributed by atoms with van der Waals surface area (Å²) < 4.78 is 4.52. The van der Waals surface area contributed by atoms with E-state index < -0.39 is 5.97 Å². The summed E-state index contributed by atoms with van der Waals surface area (Å²) in [5, 5.41) is 8.32. The first kappa shape index (κ1) is 9.99. The van der Waals surface area contributed by atoms with Crippen LogP contribution in [0.5, 0.6) is 0 Å². The summed E-state index contributed by atoms with van der Waals surface area (Å²) in [6.45, 7) is 1.58. The highest BCUT2D eigenvalue weighted by Crippen LogP contribution is 2.02. The Bertz CT molecular complexity index is 299. The monoisotopic (exact) mass is 170 g/mol. The molecule has 0 radical (unpaired) electrons. The molecule has 0 atom stereocenters. The second-order valence-electron chi connectivity index (χ2n) is 1.67. The molecule has 0 aromatic carbocycles. The van der Waals surface area contributed by atoms with E-state index in [2.05, 4.69) is 9.40 Å². The number of oxazole rings is 1. The van der Waals surface area contributed by atoms with Gasteiger partial charge in [0.05, 0.1) is 5.69 Å². The predicted molar refractivity (Wildman–Crippen MR) is 37.6 cm³/mol. The van der Waals surface area contributed by atoms with Crippen LogP contribution in [0, 0.1) is 12.5 Å². The van der Waals surface area contributed by atoms with Gasteiger partial charge in [0.15, 0.2) is 6.39 Å². The maximum Gasteiger partial charge on any atom is 0.373 e. The van der Waals surface area contributed by atoms with E-state index in [0.29, 0.717) is 5.69 Å². The number of rotatable bonds is 1. The molecule has 0 aliphatic carbocycles. The van der Waals surface area contributed by atoms with Crippen molar-refractivity contribution in [3.63, 3.8) is 0 Å². The van der Waals surface area contributed by atoms with Crippen LogP contribution >= 0.6 is 0 Å². The summed E-state index contributed by atoms with van der Waals surface area (Å²) in [6.07, 6.45) is 1.11. The lowest BCUT2D eigenvalue weighted by atomic mass is 10.4. The van der Waals surface area contributed by atoms with Gasteiger partial charge in [-0.2, -0.15) is 0 Å². The molecule has 0 bridgehead atoms. The van der Waals surface area contributed by atoms with Crippen LogP contribution in [0.25, 0.3) is 10.4 Å². The van der Waals surface area contributed by atoms with E-state index in [1.54, 1.807) is 11.8 Å². The molecular weight excluding hydrogens is 164 g/mol. The second kappa shape index (κ2) is 4.75. The van der Waals surface area contributed by atoms with Gasteiger partial charge in [0.2, 0.25) is 5.76 Å². The van der Waals surface area contributed by atoms with Crippen molar-refractivity contribution >= 4 is 5.97 Å². The number of aromatic nitrogens is 1. The number of carboxylic acids is 1. The normalized spacial score (nSPS) is 7.75. The summed E-state index contributed by atoms with van der Waals surface area (Å²) in [5.41, 5.74) is 12.7. The van der Waals surface area contributed by atoms with Gasteiger partial charge in [-0.25, -0.2) is 9.78 Å². The third-order valence-corrected chi connectivity index (χ3v) is 0.940. The van der Waals surface area contributed by atoms with Crippen molar-refractivity contribution in [1.82, 2.24) is 4.98 Å². The number of nitrogens with one attached hydrogen (secondary N) is 1. The lowest BCUT2D eigenvalue weighted by Crippen LogP contribution is -1.95. The van der Waals surface area contributed by atoms with Crippen molar-refractivity contribution in [3.05, 3.63) is 28.3 Å². The zero-order valence-electron chi connectivity index (χ0n) is 6.18. The summed E-state index contributed by atoms with van der Waals surface area (Å²) >= 11 is 0. The smallest absolute Gasteiger partial charge is 0.373 e. The van der Waals surface area contributed by atoms with Gasteiger partial charge >= 0.3 is 5.97 Å². The zero-order valence-corrected chi connectivity index (χ0v) is 6.18. The molecule has 0 saturated heterocycles. The minimum absolute atomic E-state index is 0.0880. The highest BCUT2D eigenvalue weighted by molar-refractivity contribution is 5.85. The van der Waals surface area contributed by atoms with Gasteiger partial charge in [-0.1, -0.05) is 0 Å². The average Bonchev–Trinajstić information content (AvgIpc) is 2.36. The molecule has 0 aliphatic heterocycles. The molecule has 0 aliphatic rings. The van der Waals surface area contributed by atoms with E-state index in [9.17, 15) is 4.79 Å². The lowest BCUT2D eigenvalue weighted by molar-refractivity contribution is 0.0661. The Hall–Kier alpha value is -2.01. The minimum atomic E-state index is -1.08. The molecule has 0 unspecified atom stereocenters. The standard InChI is InChI=1S/C5H5NO3.HN3/c1-3-4(5(7)8)9-2-6-3;1-3-2/h2H,1H3,(H,7,8);1H. The van der Waals surface area contributed by atoms with Crippen molar-refractivity contribution in [2.75, 3.05) is 0 Å². The highest BCUT2D eigenvalue weighted by atomic mass is 16.4. The molecule has 1 rings (SSSR count). The predicted octanol–water partition coefficient (Wildman–Crippen LogP) is 1.56. The maximum absolute atomic E-state index is 10.1. The largest absolute Gasteiger partial charge is 0.475 e. The molecule has 0 saturated carbocycles. The van der Waals surface area contributed by atoms with E-state index in [4.69, 9.17) is 16.2 Å². The van der Waals surface area contributed by atoms with Crippen molar-refractivity contribution < 1.29 is 14.3 Å². The number of carboxylic acid groups (broad SMARTS) is 1. The van der Waals surface area contributed by atoms with E-state index in [1.165, 1.54) is 0 Å². The number of nitrogens with zero attached hydrogens (tertiary/aromatic N) is 3. The third kappa shape index (κ3) is 2.72. The summed E-state index contributed by atoms with van der Waals surface area (Å²) in [6, 6.07) is 0. The number of hydrogen-bond donors (Lipinski definition) is 2. The molecule has 12 heavy (non-hydrogen) atoms. The summed E-state index contributed by atoms with van der Waals surface area (Å²) in [4.78, 5) is 15.5. The van der Waals surface area contributed by atoms with Crippen LogP contribution in [-0.2, 0) is 0 Å². The van der Waals surface area contributed by atoms with Gasteiger partial charge in [0.25, 0.3) is 0 Å². The Kier molecular flexibility index (Phi) is 3.96. The van der Waals surface area contributed by atoms with E-state index in [0.717, 1.165) is 6.39 Å². The third-order valence-electron chi connectivity index (χ3n) is 0.940. The summed E-state index contributed by atoms with van der Waals surface area (Å²) in [7, 11) is 0. The Balaban J connectivity index is 0.000000354. The second-order valence-corrected chi connectivity index (χ2v) is 1.67. The molecule has 64 valence electrons. The van der Waals surface area contributed by atoms with Crippen LogP contribution in [-0.4, -0.2) is 16.1 Å². The number of aromatic carboxylic acids is 1. The first-order chi connectivity index (χ1) is 5.63. The molecule has 1 aromatic rings. The van der Waals surface area contributed by atoms with Gasteiger partial charge in [-0.05, 0) is 17.4 Å². The molecular formula is C5H6N4O3. The fourth-order valence-electron chi connectivity index (χ4n) is 0.507. The molecule has 0 fully saturated rings. The summed E-state index contributed by atoms with van der Waals surface area (Å²) in [5.74, 6) is -1.17. The highest BCUT2D eigenvalue weighted by Gasteiger charge is 2.10. The molecule has 0 amide bonds. The fourth-order valence-corrected chi connectivity index (χ4v) is 0.507. The number of carbonyl (C=O) groups is 1. The van der Waals surface area contributed by atoms with Crippen molar-refractivity contribution in [2.24, 2.45) is 0 Å². The Morgan fingerprint density at radius 3 is 2.58 bits per heavy atom. The van der Waals surface area contributed by atoms with Gasteiger partial charge in [0, 0.05) is 0 Å². The van der Waals surface area contributed by atoms with Crippen LogP contribution in [0.3, 0.4) is 0 Å². The van der Waals surface area contributed by atoms with E-state index in [1.807, 2.05) is 0 Å². The first-order valence-electron chi connectivity index (χ1n) is 2.77. The topological polar surface area (TPSA) is 124 Å². The van der Waals surface area contributed by atoms with Crippen molar-refractivity contribution in [1.29, 1.82) is 5.53 Å². The molecule has 7 nitrogen and oxygen atoms in total. The quantitative estimate of drug-likeness (QED) is 0.376. The minimum Gasteiger partial charge on any atom is -0.475 e. The van der Waals surface area contributed by atoms with Crippen LogP contribution in [0.2, 0.25) is 0 Å².